The molecule has 1 N–H and O–H groups in total. The van der Waals surface area contributed by atoms with Gasteiger partial charge in [-0.1, -0.05) is 6.92 Å². The van der Waals surface area contributed by atoms with E-state index in [2.05, 4.69) is 34.0 Å². The number of nitrogens with one attached hydrogen (secondary N) is 1. The minimum atomic E-state index is 0.713. The molecule has 0 spiro atoms. The lowest BCUT2D eigenvalue weighted by Crippen LogP contribution is -2.24. The topological polar surface area (TPSA) is 41.1 Å². The zero-order valence-electron chi connectivity index (χ0n) is 9.82. The van der Waals surface area contributed by atoms with E-state index in [-0.39, 0.29) is 0 Å². The van der Waals surface area contributed by atoms with Crippen LogP contribution in [0, 0.1) is 0 Å². The Kier molecular flexibility index (Phi) is 4.87. The largest absolute Gasteiger partial charge is 0.357 e. The molecule has 0 fully saturated rings. The summed E-state index contributed by atoms with van der Waals surface area (Å²) in [5.41, 5.74) is 0. The maximum atomic E-state index is 4.46. The highest BCUT2D eigenvalue weighted by Crippen LogP contribution is 2.11. The zero-order chi connectivity index (χ0) is 11.1. The molecule has 84 valence electrons. The van der Waals surface area contributed by atoms with Gasteiger partial charge in [0.1, 0.15) is 5.82 Å². The summed E-state index contributed by atoms with van der Waals surface area (Å²) in [6.07, 6.45) is 2.94. The summed E-state index contributed by atoms with van der Waals surface area (Å²) in [4.78, 5) is 10.9. The maximum Gasteiger partial charge on any atom is 0.224 e. The van der Waals surface area contributed by atoms with Gasteiger partial charge in [-0.3, -0.25) is 0 Å². The fraction of sp³-hybridized carbons (Fsp3) is 0.636. The Bertz CT molecular complexity index is 288. The molecule has 0 aliphatic heterocycles. The SMILES string of the molecule is CCCN(CC)c1ccnc(NCC)n1. The Labute approximate surface area is 91.7 Å². The average molecular weight is 208 g/mol. The molecule has 0 aromatic carbocycles. The van der Waals surface area contributed by atoms with Crippen molar-refractivity contribution < 1.29 is 0 Å². The molecule has 0 radical (unpaired) electrons. The quantitative estimate of drug-likeness (QED) is 0.777. The molecule has 1 heterocycles. The number of hydrogen-bond acceptors (Lipinski definition) is 4. The zero-order valence-corrected chi connectivity index (χ0v) is 9.82. The van der Waals surface area contributed by atoms with E-state index in [1.807, 2.05) is 13.0 Å². The third kappa shape index (κ3) is 3.38. The molecular weight excluding hydrogens is 188 g/mol. The molecule has 4 heteroatoms. The molecule has 0 atom stereocenters. The van der Waals surface area contributed by atoms with Crippen molar-refractivity contribution in [3.63, 3.8) is 0 Å². The van der Waals surface area contributed by atoms with Crippen molar-refractivity contribution >= 4 is 11.8 Å². The van der Waals surface area contributed by atoms with E-state index in [1.54, 1.807) is 6.20 Å². The molecule has 0 saturated carbocycles. The van der Waals surface area contributed by atoms with Gasteiger partial charge in [-0.25, -0.2) is 4.98 Å². The van der Waals surface area contributed by atoms with Gasteiger partial charge in [0.05, 0.1) is 0 Å². The van der Waals surface area contributed by atoms with Crippen LogP contribution in [-0.4, -0.2) is 29.6 Å². The van der Waals surface area contributed by atoms with E-state index < -0.39 is 0 Å². The third-order valence-electron chi connectivity index (χ3n) is 2.18. The van der Waals surface area contributed by atoms with E-state index in [1.165, 1.54) is 0 Å². The van der Waals surface area contributed by atoms with Crippen molar-refractivity contribution in [1.29, 1.82) is 0 Å². The van der Waals surface area contributed by atoms with Crippen LogP contribution >= 0.6 is 0 Å². The maximum absolute atomic E-state index is 4.46. The highest BCUT2D eigenvalue weighted by Gasteiger charge is 2.05. The third-order valence-corrected chi connectivity index (χ3v) is 2.18. The van der Waals surface area contributed by atoms with Crippen LogP contribution in [0.4, 0.5) is 11.8 Å². The number of nitrogens with zero attached hydrogens (tertiary/aromatic N) is 3. The first-order chi connectivity index (χ1) is 7.31. The second-order valence-corrected chi connectivity index (χ2v) is 3.35. The number of aromatic nitrogens is 2. The number of hydrogen-bond donors (Lipinski definition) is 1. The van der Waals surface area contributed by atoms with Crippen LogP contribution < -0.4 is 10.2 Å². The van der Waals surface area contributed by atoms with Crippen LogP contribution in [-0.2, 0) is 0 Å². The van der Waals surface area contributed by atoms with E-state index in [4.69, 9.17) is 0 Å². The van der Waals surface area contributed by atoms with Crippen molar-refractivity contribution in [1.82, 2.24) is 9.97 Å². The van der Waals surface area contributed by atoms with Crippen molar-refractivity contribution in [2.75, 3.05) is 29.9 Å². The van der Waals surface area contributed by atoms with Crippen molar-refractivity contribution in [3.8, 4) is 0 Å². The minimum absolute atomic E-state index is 0.713. The number of anilines is 2. The fourth-order valence-electron chi connectivity index (χ4n) is 1.47. The lowest BCUT2D eigenvalue weighted by atomic mass is 10.4. The predicted octanol–water partition coefficient (Wildman–Crippen LogP) is 2.14. The summed E-state index contributed by atoms with van der Waals surface area (Å²) in [5.74, 6) is 1.72. The Hall–Kier alpha value is -1.32. The van der Waals surface area contributed by atoms with Crippen LogP contribution in [0.2, 0.25) is 0 Å². The Morgan fingerprint density at radius 2 is 2.13 bits per heavy atom. The molecule has 0 aliphatic carbocycles. The van der Waals surface area contributed by atoms with Gasteiger partial charge in [0, 0.05) is 25.8 Å². The van der Waals surface area contributed by atoms with Crippen LogP contribution in [0.1, 0.15) is 27.2 Å². The first-order valence-electron chi connectivity index (χ1n) is 5.63. The van der Waals surface area contributed by atoms with Gasteiger partial charge in [-0.05, 0) is 26.3 Å². The summed E-state index contributed by atoms with van der Waals surface area (Å²) >= 11 is 0. The minimum Gasteiger partial charge on any atom is -0.357 e. The van der Waals surface area contributed by atoms with Gasteiger partial charge >= 0.3 is 0 Å². The summed E-state index contributed by atoms with van der Waals surface area (Å²) < 4.78 is 0. The summed E-state index contributed by atoms with van der Waals surface area (Å²) in [6, 6.07) is 1.96. The molecular formula is C11H20N4. The smallest absolute Gasteiger partial charge is 0.224 e. The summed E-state index contributed by atoms with van der Waals surface area (Å²) in [7, 11) is 0. The lowest BCUT2D eigenvalue weighted by Gasteiger charge is -2.21. The standard InChI is InChI=1S/C11H20N4/c1-4-9-15(6-3)10-7-8-13-11(14-10)12-5-2/h7-8H,4-6,9H2,1-3H3,(H,12,13,14). The normalized spacial score (nSPS) is 10.1. The Balaban J connectivity index is 2.77. The average Bonchev–Trinajstić information content (AvgIpc) is 2.27. The van der Waals surface area contributed by atoms with Crippen molar-refractivity contribution in [2.24, 2.45) is 0 Å². The molecule has 15 heavy (non-hydrogen) atoms. The van der Waals surface area contributed by atoms with E-state index in [9.17, 15) is 0 Å². The predicted molar refractivity (Wildman–Crippen MR) is 64.4 cm³/mol. The Morgan fingerprint density at radius 3 is 2.73 bits per heavy atom. The van der Waals surface area contributed by atoms with Gasteiger partial charge in [-0.2, -0.15) is 4.98 Å². The highest BCUT2D eigenvalue weighted by molar-refractivity contribution is 5.42. The molecule has 0 amide bonds. The van der Waals surface area contributed by atoms with E-state index in [0.29, 0.717) is 5.95 Å². The summed E-state index contributed by atoms with van der Waals surface area (Å²) in [5, 5.41) is 3.12. The second kappa shape index (κ2) is 6.22. The van der Waals surface area contributed by atoms with Crippen LogP contribution in [0.5, 0.6) is 0 Å². The van der Waals surface area contributed by atoms with Gasteiger partial charge < -0.3 is 10.2 Å². The molecule has 1 aromatic heterocycles. The fourth-order valence-corrected chi connectivity index (χ4v) is 1.47. The van der Waals surface area contributed by atoms with Crippen molar-refractivity contribution in [3.05, 3.63) is 12.3 Å². The van der Waals surface area contributed by atoms with Crippen LogP contribution in [0.25, 0.3) is 0 Å². The second-order valence-electron chi connectivity index (χ2n) is 3.35. The summed E-state index contributed by atoms with van der Waals surface area (Å²) in [6.45, 7) is 9.23. The van der Waals surface area contributed by atoms with E-state index in [0.717, 1.165) is 31.9 Å². The molecule has 4 nitrogen and oxygen atoms in total. The first-order valence-corrected chi connectivity index (χ1v) is 5.63. The van der Waals surface area contributed by atoms with Crippen LogP contribution in [0.3, 0.4) is 0 Å². The lowest BCUT2D eigenvalue weighted by molar-refractivity contribution is 0.776. The monoisotopic (exact) mass is 208 g/mol. The van der Waals surface area contributed by atoms with Gasteiger partial charge in [0.25, 0.3) is 0 Å². The van der Waals surface area contributed by atoms with Gasteiger partial charge in [-0.15, -0.1) is 0 Å². The molecule has 0 bridgehead atoms. The molecule has 0 saturated heterocycles. The molecule has 0 unspecified atom stereocenters. The molecule has 1 rings (SSSR count). The van der Waals surface area contributed by atoms with Crippen molar-refractivity contribution in [2.45, 2.75) is 27.2 Å². The van der Waals surface area contributed by atoms with Crippen LogP contribution in [0.15, 0.2) is 12.3 Å². The van der Waals surface area contributed by atoms with Gasteiger partial charge in [0.15, 0.2) is 0 Å². The molecule has 1 aromatic rings. The highest BCUT2D eigenvalue weighted by atomic mass is 15.2. The Morgan fingerprint density at radius 1 is 1.33 bits per heavy atom. The van der Waals surface area contributed by atoms with Gasteiger partial charge in [0.2, 0.25) is 5.95 Å². The number of rotatable bonds is 6. The molecule has 0 aliphatic rings. The van der Waals surface area contributed by atoms with E-state index >= 15 is 0 Å². The first kappa shape index (κ1) is 11.8.